The number of unbranched alkanes of at least 4 members (excludes halogenated alkanes) is 3. The molecule has 0 unspecified atom stereocenters. The van der Waals surface area contributed by atoms with Gasteiger partial charge in [-0.2, -0.15) is 0 Å². The van der Waals surface area contributed by atoms with E-state index in [-0.39, 0.29) is 0 Å². The van der Waals surface area contributed by atoms with E-state index in [9.17, 15) is 0 Å². The lowest BCUT2D eigenvalue weighted by Crippen LogP contribution is -2.05. The van der Waals surface area contributed by atoms with Gasteiger partial charge in [0.15, 0.2) is 0 Å². The molecule has 76 valence electrons. The molecule has 0 aromatic heterocycles. The summed E-state index contributed by atoms with van der Waals surface area (Å²) in [6.45, 7) is 3.35. The van der Waals surface area contributed by atoms with Crippen molar-refractivity contribution in [2.45, 2.75) is 64.7 Å². The average Bonchev–Trinajstić information content (AvgIpc) is 2.19. The third kappa shape index (κ3) is 5.07. The van der Waals surface area contributed by atoms with E-state index >= 15 is 0 Å². The third-order valence-corrected chi connectivity index (χ3v) is 2.78. The Kier molecular flexibility index (Phi) is 5.88. The van der Waals surface area contributed by atoms with Crippen LogP contribution in [0.15, 0.2) is 4.99 Å². The van der Waals surface area contributed by atoms with E-state index in [1.165, 1.54) is 63.5 Å². The fourth-order valence-corrected chi connectivity index (χ4v) is 1.89. The lowest BCUT2D eigenvalue weighted by atomic mass is 9.98. The smallest absolute Gasteiger partial charge is 0.0388 e. The summed E-state index contributed by atoms with van der Waals surface area (Å²) < 4.78 is 0. The Morgan fingerprint density at radius 2 is 1.77 bits per heavy atom. The van der Waals surface area contributed by atoms with Crippen LogP contribution in [0.25, 0.3) is 0 Å². The van der Waals surface area contributed by atoms with Crippen molar-refractivity contribution in [3.63, 3.8) is 0 Å². The van der Waals surface area contributed by atoms with E-state index in [1.807, 2.05) is 0 Å². The minimum atomic E-state index is 1.09. The third-order valence-electron chi connectivity index (χ3n) is 2.78. The Bertz CT molecular complexity index is 141. The van der Waals surface area contributed by atoms with Crippen LogP contribution in [0.4, 0.5) is 0 Å². The molecular weight excluding hydrogens is 158 g/mol. The fourth-order valence-electron chi connectivity index (χ4n) is 1.89. The molecule has 0 aromatic carbocycles. The van der Waals surface area contributed by atoms with Crippen LogP contribution < -0.4 is 0 Å². The number of hydrogen-bond acceptors (Lipinski definition) is 1. The highest BCUT2D eigenvalue weighted by Gasteiger charge is 2.05. The molecule has 0 spiro atoms. The Hall–Kier alpha value is -0.330. The maximum atomic E-state index is 4.67. The van der Waals surface area contributed by atoms with Gasteiger partial charge in [0.05, 0.1) is 0 Å². The van der Waals surface area contributed by atoms with Gasteiger partial charge in [-0.1, -0.05) is 32.6 Å². The minimum Gasteiger partial charge on any atom is -0.294 e. The summed E-state index contributed by atoms with van der Waals surface area (Å²) in [5, 5.41) is 0. The number of nitrogens with zero attached hydrogens (tertiary/aromatic N) is 1. The van der Waals surface area contributed by atoms with Crippen LogP contribution in [0.2, 0.25) is 0 Å². The average molecular weight is 181 g/mol. The van der Waals surface area contributed by atoms with Crippen LogP contribution in [-0.4, -0.2) is 12.3 Å². The predicted octanol–water partition coefficient (Wildman–Crippen LogP) is 3.97. The molecule has 1 aliphatic rings. The van der Waals surface area contributed by atoms with E-state index in [0.29, 0.717) is 0 Å². The van der Waals surface area contributed by atoms with Crippen molar-refractivity contribution in [2.24, 2.45) is 4.99 Å². The van der Waals surface area contributed by atoms with E-state index in [1.54, 1.807) is 0 Å². The Morgan fingerprint density at radius 3 is 2.46 bits per heavy atom. The van der Waals surface area contributed by atoms with Crippen molar-refractivity contribution < 1.29 is 0 Å². The molecule has 0 bridgehead atoms. The summed E-state index contributed by atoms with van der Waals surface area (Å²) >= 11 is 0. The quantitative estimate of drug-likeness (QED) is 0.569. The van der Waals surface area contributed by atoms with Gasteiger partial charge in [-0.25, -0.2) is 0 Å². The Balaban J connectivity index is 2.01. The fraction of sp³-hybridized carbons (Fsp3) is 0.917. The molecule has 0 amide bonds. The van der Waals surface area contributed by atoms with Crippen molar-refractivity contribution in [2.75, 3.05) is 6.54 Å². The van der Waals surface area contributed by atoms with E-state index < -0.39 is 0 Å². The molecule has 1 rings (SSSR count). The molecule has 0 heterocycles. The molecule has 13 heavy (non-hydrogen) atoms. The molecule has 0 radical (unpaired) electrons. The molecule has 0 aliphatic heterocycles. The molecule has 1 nitrogen and oxygen atoms in total. The highest BCUT2D eigenvalue weighted by Crippen LogP contribution is 2.14. The van der Waals surface area contributed by atoms with Crippen molar-refractivity contribution >= 4 is 5.71 Å². The Labute approximate surface area is 82.6 Å². The zero-order valence-electron chi connectivity index (χ0n) is 9.02. The zero-order chi connectivity index (χ0) is 9.36. The van der Waals surface area contributed by atoms with E-state index in [4.69, 9.17) is 0 Å². The number of aliphatic imine (C=N–C) groups is 1. The lowest BCUT2D eigenvalue weighted by molar-refractivity contribution is 0.649. The van der Waals surface area contributed by atoms with Crippen molar-refractivity contribution in [3.05, 3.63) is 0 Å². The SMILES string of the molecule is CCCCCCN=C1CCCCC1. The van der Waals surface area contributed by atoms with Crippen LogP contribution in [0, 0.1) is 0 Å². The van der Waals surface area contributed by atoms with Crippen LogP contribution in [0.1, 0.15) is 64.7 Å². The van der Waals surface area contributed by atoms with Crippen LogP contribution >= 0.6 is 0 Å². The molecule has 0 saturated heterocycles. The first kappa shape index (κ1) is 10.7. The van der Waals surface area contributed by atoms with Crippen molar-refractivity contribution in [1.82, 2.24) is 0 Å². The Morgan fingerprint density at radius 1 is 1.00 bits per heavy atom. The maximum absolute atomic E-state index is 4.67. The van der Waals surface area contributed by atoms with E-state index in [0.717, 1.165) is 6.54 Å². The highest BCUT2D eigenvalue weighted by molar-refractivity contribution is 5.84. The summed E-state index contributed by atoms with van der Waals surface area (Å²) in [6.07, 6.45) is 12.1. The first-order chi connectivity index (χ1) is 6.43. The molecular formula is C12H23N. The van der Waals surface area contributed by atoms with Gasteiger partial charge in [-0.3, -0.25) is 4.99 Å². The number of hydrogen-bond donors (Lipinski definition) is 0. The van der Waals surface area contributed by atoms with Gasteiger partial charge >= 0.3 is 0 Å². The standard InChI is InChI=1S/C12H23N/c1-2-3-4-8-11-13-12-9-6-5-7-10-12/h2-11H2,1H3. The highest BCUT2D eigenvalue weighted by atomic mass is 14.7. The van der Waals surface area contributed by atoms with Gasteiger partial charge in [0.2, 0.25) is 0 Å². The second-order valence-electron chi connectivity index (χ2n) is 4.07. The second-order valence-corrected chi connectivity index (χ2v) is 4.07. The first-order valence-corrected chi connectivity index (χ1v) is 5.95. The molecule has 1 heteroatoms. The normalized spacial score (nSPS) is 17.5. The van der Waals surface area contributed by atoms with Gasteiger partial charge in [-0.15, -0.1) is 0 Å². The summed E-state index contributed by atoms with van der Waals surface area (Å²) in [5.74, 6) is 0. The zero-order valence-corrected chi connectivity index (χ0v) is 9.02. The van der Waals surface area contributed by atoms with E-state index in [2.05, 4.69) is 11.9 Å². The van der Waals surface area contributed by atoms with Crippen LogP contribution in [-0.2, 0) is 0 Å². The summed E-state index contributed by atoms with van der Waals surface area (Å²) in [5.41, 5.74) is 1.50. The van der Waals surface area contributed by atoms with Gasteiger partial charge in [0.25, 0.3) is 0 Å². The molecule has 0 aromatic rings. The first-order valence-electron chi connectivity index (χ1n) is 5.95. The molecule has 1 saturated carbocycles. The second kappa shape index (κ2) is 7.11. The minimum absolute atomic E-state index is 1.09. The molecule has 1 fully saturated rings. The van der Waals surface area contributed by atoms with Gasteiger partial charge in [0.1, 0.15) is 0 Å². The molecule has 0 N–H and O–H groups in total. The number of rotatable bonds is 5. The molecule has 1 aliphatic carbocycles. The summed E-state index contributed by atoms with van der Waals surface area (Å²) in [6, 6.07) is 0. The van der Waals surface area contributed by atoms with Crippen LogP contribution in [0.5, 0.6) is 0 Å². The van der Waals surface area contributed by atoms with Gasteiger partial charge in [-0.05, 0) is 32.1 Å². The lowest BCUT2D eigenvalue weighted by Gasteiger charge is -2.11. The van der Waals surface area contributed by atoms with Gasteiger partial charge in [0, 0.05) is 12.3 Å². The molecule has 0 atom stereocenters. The monoisotopic (exact) mass is 181 g/mol. The van der Waals surface area contributed by atoms with Crippen molar-refractivity contribution in [3.8, 4) is 0 Å². The predicted molar refractivity (Wildman–Crippen MR) is 59.5 cm³/mol. The van der Waals surface area contributed by atoms with Crippen LogP contribution in [0.3, 0.4) is 0 Å². The maximum Gasteiger partial charge on any atom is 0.0388 e. The largest absolute Gasteiger partial charge is 0.294 e. The topological polar surface area (TPSA) is 12.4 Å². The summed E-state index contributed by atoms with van der Waals surface area (Å²) in [7, 11) is 0. The van der Waals surface area contributed by atoms with Crippen molar-refractivity contribution in [1.29, 1.82) is 0 Å². The summed E-state index contributed by atoms with van der Waals surface area (Å²) in [4.78, 5) is 4.67. The van der Waals surface area contributed by atoms with Gasteiger partial charge < -0.3 is 0 Å².